The molecule has 0 amide bonds. The minimum Gasteiger partial charge on any atom is -0.399 e. The quantitative estimate of drug-likeness (QED) is 0.520. The van der Waals surface area contributed by atoms with E-state index in [-0.39, 0.29) is 11.6 Å². The Balaban J connectivity index is 1.66. The average Bonchev–Trinajstić information content (AvgIpc) is 3.03. The largest absolute Gasteiger partial charge is 0.399 e. The van der Waals surface area contributed by atoms with E-state index in [9.17, 15) is 4.79 Å². The number of carbonyl (C=O) groups excluding carboxylic acids is 1. The van der Waals surface area contributed by atoms with E-state index in [2.05, 4.69) is 14.9 Å². The molecule has 0 aliphatic carbocycles. The number of ketones is 1. The summed E-state index contributed by atoms with van der Waals surface area (Å²) in [5.74, 6) is 0.818. The molecule has 6 nitrogen and oxygen atoms in total. The van der Waals surface area contributed by atoms with Gasteiger partial charge in [-0.3, -0.25) is 4.79 Å². The summed E-state index contributed by atoms with van der Waals surface area (Å²) < 4.78 is 0. The molecular formula is C23H25N5O. The molecule has 148 valence electrons. The first-order valence-electron chi connectivity index (χ1n) is 10.00. The lowest BCUT2D eigenvalue weighted by Crippen LogP contribution is -2.25. The van der Waals surface area contributed by atoms with Crippen LogP contribution < -0.4 is 16.4 Å². The molecule has 1 fully saturated rings. The van der Waals surface area contributed by atoms with E-state index in [0.717, 1.165) is 42.9 Å². The van der Waals surface area contributed by atoms with E-state index in [1.165, 1.54) is 12.8 Å². The molecule has 0 saturated carbocycles. The lowest BCUT2D eigenvalue weighted by molar-refractivity contribution is 0.103. The fourth-order valence-corrected chi connectivity index (χ4v) is 3.70. The number of nitrogens with two attached hydrogens (primary N) is 2. The third-order valence-corrected chi connectivity index (χ3v) is 5.28. The molecule has 6 heteroatoms. The van der Waals surface area contributed by atoms with E-state index < -0.39 is 0 Å². The smallest absolute Gasteiger partial charge is 0.215 e. The Kier molecular flexibility index (Phi) is 5.42. The zero-order valence-corrected chi connectivity index (χ0v) is 16.3. The molecule has 1 aliphatic rings. The second-order valence-electron chi connectivity index (χ2n) is 7.39. The maximum absolute atomic E-state index is 13.2. The number of benzene rings is 1. The molecule has 0 unspecified atom stereocenters. The number of nitrogens with zero attached hydrogens (tertiary/aromatic N) is 3. The SMILES string of the molecule is Nc1cccc(-c2cnc(N)c(C(=O)c3cccc(N4CCCCCC4)n3)c2)c1. The van der Waals surface area contributed by atoms with Gasteiger partial charge in [0, 0.05) is 30.5 Å². The first-order chi connectivity index (χ1) is 14.1. The van der Waals surface area contributed by atoms with Crippen LogP contribution in [0.2, 0.25) is 0 Å². The topological polar surface area (TPSA) is 98.1 Å². The molecule has 4 rings (SSSR count). The van der Waals surface area contributed by atoms with Gasteiger partial charge in [0.05, 0.1) is 5.56 Å². The van der Waals surface area contributed by atoms with Gasteiger partial charge in [0.1, 0.15) is 17.3 Å². The fourth-order valence-electron chi connectivity index (χ4n) is 3.70. The number of hydrogen-bond acceptors (Lipinski definition) is 6. The lowest BCUT2D eigenvalue weighted by Gasteiger charge is -2.21. The van der Waals surface area contributed by atoms with Gasteiger partial charge < -0.3 is 16.4 Å². The summed E-state index contributed by atoms with van der Waals surface area (Å²) in [7, 11) is 0. The molecule has 0 bridgehead atoms. The van der Waals surface area contributed by atoms with Crippen molar-refractivity contribution in [1.29, 1.82) is 0 Å². The molecule has 0 atom stereocenters. The summed E-state index contributed by atoms with van der Waals surface area (Å²) in [6.07, 6.45) is 6.45. The van der Waals surface area contributed by atoms with Crippen LogP contribution in [0.5, 0.6) is 0 Å². The summed E-state index contributed by atoms with van der Waals surface area (Å²) in [5, 5.41) is 0. The monoisotopic (exact) mass is 387 g/mol. The summed E-state index contributed by atoms with van der Waals surface area (Å²) in [6, 6.07) is 14.8. The van der Waals surface area contributed by atoms with Crippen molar-refractivity contribution in [2.24, 2.45) is 0 Å². The minimum absolute atomic E-state index is 0.199. The third-order valence-electron chi connectivity index (χ3n) is 5.28. The molecule has 0 radical (unpaired) electrons. The Labute approximate surface area is 170 Å². The Morgan fingerprint density at radius 2 is 1.66 bits per heavy atom. The van der Waals surface area contributed by atoms with Gasteiger partial charge in [-0.15, -0.1) is 0 Å². The highest BCUT2D eigenvalue weighted by molar-refractivity contribution is 6.11. The lowest BCUT2D eigenvalue weighted by atomic mass is 10.0. The highest BCUT2D eigenvalue weighted by atomic mass is 16.1. The van der Waals surface area contributed by atoms with Crippen LogP contribution in [0.15, 0.2) is 54.7 Å². The highest BCUT2D eigenvalue weighted by Gasteiger charge is 2.18. The van der Waals surface area contributed by atoms with Crippen LogP contribution in [0.25, 0.3) is 11.1 Å². The number of nitrogen functional groups attached to an aromatic ring is 2. The molecule has 1 aromatic carbocycles. The van der Waals surface area contributed by atoms with Crippen molar-refractivity contribution in [2.75, 3.05) is 29.5 Å². The van der Waals surface area contributed by atoms with Crippen molar-refractivity contribution in [1.82, 2.24) is 9.97 Å². The van der Waals surface area contributed by atoms with Gasteiger partial charge in [-0.2, -0.15) is 0 Å². The summed E-state index contributed by atoms with van der Waals surface area (Å²) >= 11 is 0. The Morgan fingerprint density at radius 3 is 2.41 bits per heavy atom. The predicted molar refractivity (Wildman–Crippen MR) is 117 cm³/mol. The summed E-state index contributed by atoms with van der Waals surface area (Å²) in [5.41, 5.74) is 15.0. The highest BCUT2D eigenvalue weighted by Crippen LogP contribution is 2.26. The van der Waals surface area contributed by atoms with Crippen molar-refractivity contribution >= 4 is 23.1 Å². The number of rotatable bonds is 4. The van der Waals surface area contributed by atoms with Crippen LogP contribution in [0.3, 0.4) is 0 Å². The van der Waals surface area contributed by atoms with Gasteiger partial charge in [-0.25, -0.2) is 9.97 Å². The number of pyridine rings is 2. The van der Waals surface area contributed by atoms with Crippen molar-refractivity contribution in [2.45, 2.75) is 25.7 Å². The van der Waals surface area contributed by atoms with E-state index in [1.807, 2.05) is 36.4 Å². The van der Waals surface area contributed by atoms with Gasteiger partial charge in [0.15, 0.2) is 0 Å². The maximum Gasteiger partial charge on any atom is 0.215 e. The molecule has 29 heavy (non-hydrogen) atoms. The maximum atomic E-state index is 13.2. The number of anilines is 3. The second kappa shape index (κ2) is 8.31. The normalized spacial score (nSPS) is 14.4. The van der Waals surface area contributed by atoms with Crippen LogP contribution in [-0.2, 0) is 0 Å². The Bertz CT molecular complexity index is 1030. The van der Waals surface area contributed by atoms with Gasteiger partial charge in [-0.05, 0) is 48.7 Å². The zero-order chi connectivity index (χ0) is 20.2. The van der Waals surface area contributed by atoms with Gasteiger partial charge in [0.25, 0.3) is 0 Å². The number of aromatic nitrogens is 2. The number of hydrogen-bond donors (Lipinski definition) is 2. The van der Waals surface area contributed by atoms with Crippen LogP contribution in [-0.4, -0.2) is 28.8 Å². The summed E-state index contributed by atoms with van der Waals surface area (Å²) in [6.45, 7) is 1.94. The average molecular weight is 387 g/mol. The van der Waals surface area contributed by atoms with E-state index in [4.69, 9.17) is 11.5 Å². The number of carbonyl (C=O) groups is 1. The molecule has 2 aromatic heterocycles. The van der Waals surface area contributed by atoms with Crippen LogP contribution in [0.1, 0.15) is 41.7 Å². The predicted octanol–water partition coefficient (Wildman–Crippen LogP) is 3.92. The Morgan fingerprint density at radius 1 is 0.897 bits per heavy atom. The van der Waals surface area contributed by atoms with Gasteiger partial charge in [0.2, 0.25) is 5.78 Å². The molecule has 1 saturated heterocycles. The van der Waals surface area contributed by atoms with Gasteiger partial charge in [-0.1, -0.05) is 31.0 Å². The molecular weight excluding hydrogens is 362 g/mol. The Hall–Kier alpha value is -3.41. The van der Waals surface area contributed by atoms with Crippen LogP contribution in [0, 0.1) is 0 Å². The standard InChI is InChI=1S/C23H25N5O/c24-18-8-5-7-16(13-18)17-14-19(23(25)26-15-17)22(29)20-9-6-10-21(27-20)28-11-3-1-2-4-12-28/h5-10,13-15H,1-4,11-12,24H2,(H2,25,26). The fraction of sp³-hybridized carbons (Fsp3) is 0.261. The van der Waals surface area contributed by atoms with Crippen molar-refractivity contribution < 1.29 is 4.79 Å². The molecule has 1 aliphatic heterocycles. The van der Waals surface area contributed by atoms with Crippen molar-refractivity contribution in [3.8, 4) is 11.1 Å². The first kappa shape index (κ1) is 18.9. The van der Waals surface area contributed by atoms with Gasteiger partial charge >= 0.3 is 0 Å². The molecule has 0 spiro atoms. The summed E-state index contributed by atoms with van der Waals surface area (Å²) in [4.78, 5) is 24.3. The van der Waals surface area contributed by atoms with Crippen LogP contribution in [0.4, 0.5) is 17.3 Å². The van der Waals surface area contributed by atoms with Crippen molar-refractivity contribution in [3.63, 3.8) is 0 Å². The van der Waals surface area contributed by atoms with Crippen molar-refractivity contribution in [3.05, 3.63) is 66.0 Å². The van der Waals surface area contributed by atoms with E-state index >= 15 is 0 Å². The van der Waals surface area contributed by atoms with Crippen LogP contribution >= 0.6 is 0 Å². The van der Waals surface area contributed by atoms with E-state index in [1.54, 1.807) is 18.3 Å². The second-order valence-corrected chi connectivity index (χ2v) is 7.39. The minimum atomic E-state index is -0.225. The first-order valence-corrected chi connectivity index (χ1v) is 10.00. The zero-order valence-electron chi connectivity index (χ0n) is 16.3. The molecule has 4 N–H and O–H groups in total. The molecule has 3 heterocycles. The third kappa shape index (κ3) is 4.21. The van der Waals surface area contributed by atoms with E-state index in [0.29, 0.717) is 16.9 Å². The molecule has 3 aromatic rings.